The van der Waals surface area contributed by atoms with E-state index in [0.29, 0.717) is 18.0 Å². The molecule has 1 N–H and O–H groups in total. The van der Waals surface area contributed by atoms with Crippen LogP contribution < -0.4 is 5.32 Å². The van der Waals surface area contributed by atoms with Gasteiger partial charge in [0.25, 0.3) is 0 Å². The molecule has 1 aromatic carbocycles. The summed E-state index contributed by atoms with van der Waals surface area (Å²) >= 11 is 5.78. The van der Waals surface area contributed by atoms with Crippen molar-refractivity contribution in [2.45, 2.75) is 19.9 Å². The van der Waals surface area contributed by atoms with Crippen LogP contribution in [0.2, 0.25) is 5.02 Å². The molecule has 2 aromatic rings. The molecule has 0 radical (unpaired) electrons. The van der Waals surface area contributed by atoms with Crippen LogP contribution in [0.5, 0.6) is 0 Å². The van der Waals surface area contributed by atoms with Gasteiger partial charge in [0, 0.05) is 17.1 Å². The molecule has 0 atom stereocenters. The number of amides is 1. The van der Waals surface area contributed by atoms with E-state index in [9.17, 15) is 4.79 Å². The van der Waals surface area contributed by atoms with Crippen LogP contribution in [0.15, 0.2) is 35.0 Å². The molecule has 5 heteroatoms. The van der Waals surface area contributed by atoms with Gasteiger partial charge in [-0.2, -0.15) is 0 Å². The van der Waals surface area contributed by atoms with Gasteiger partial charge in [-0.15, -0.1) is 0 Å². The first kappa shape index (κ1) is 12.6. The zero-order chi connectivity index (χ0) is 13.0. The maximum absolute atomic E-state index is 11.7. The molecule has 0 spiro atoms. The van der Waals surface area contributed by atoms with Crippen LogP contribution >= 0.6 is 11.6 Å². The molecular weight excluding hydrogens is 252 g/mol. The van der Waals surface area contributed by atoms with Crippen molar-refractivity contribution in [1.29, 1.82) is 0 Å². The lowest BCUT2D eigenvalue weighted by Crippen LogP contribution is -2.24. The smallest absolute Gasteiger partial charge is 0.224 e. The largest absolute Gasteiger partial charge is 0.361 e. The minimum atomic E-state index is -0.0436. The lowest BCUT2D eigenvalue weighted by molar-refractivity contribution is -0.120. The van der Waals surface area contributed by atoms with E-state index in [2.05, 4.69) is 10.5 Å². The monoisotopic (exact) mass is 264 g/mol. The van der Waals surface area contributed by atoms with Crippen molar-refractivity contribution in [3.8, 4) is 0 Å². The van der Waals surface area contributed by atoms with E-state index >= 15 is 0 Å². The van der Waals surface area contributed by atoms with E-state index < -0.39 is 0 Å². The molecule has 0 bridgehead atoms. The van der Waals surface area contributed by atoms with Crippen LogP contribution in [-0.4, -0.2) is 11.1 Å². The molecule has 94 valence electrons. The maximum Gasteiger partial charge on any atom is 0.224 e. The van der Waals surface area contributed by atoms with Gasteiger partial charge in [0.2, 0.25) is 5.91 Å². The van der Waals surface area contributed by atoms with Crippen molar-refractivity contribution in [3.05, 3.63) is 52.4 Å². The van der Waals surface area contributed by atoms with Gasteiger partial charge >= 0.3 is 0 Å². The fourth-order valence-corrected chi connectivity index (χ4v) is 1.66. The number of aromatic nitrogens is 1. The lowest BCUT2D eigenvalue weighted by Gasteiger charge is -2.04. The first-order valence-electron chi connectivity index (χ1n) is 5.56. The third kappa shape index (κ3) is 3.34. The summed E-state index contributed by atoms with van der Waals surface area (Å²) in [4.78, 5) is 11.7. The summed E-state index contributed by atoms with van der Waals surface area (Å²) in [6.45, 7) is 2.25. The highest BCUT2D eigenvalue weighted by Crippen LogP contribution is 2.10. The van der Waals surface area contributed by atoms with Crippen molar-refractivity contribution in [2.75, 3.05) is 0 Å². The van der Waals surface area contributed by atoms with Crippen molar-refractivity contribution in [2.24, 2.45) is 0 Å². The molecule has 0 saturated carbocycles. The van der Waals surface area contributed by atoms with Gasteiger partial charge in [0.05, 0.1) is 12.6 Å². The van der Waals surface area contributed by atoms with Crippen molar-refractivity contribution >= 4 is 17.5 Å². The maximum atomic E-state index is 11.7. The Hall–Kier alpha value is -1.81. The number of carbonyl (C=O) groups is 1. The van der Waals surface area contributed by atoms with Gasteiger partial charge in [-0.1, -0.05) is 28.9 Å². The van der Waals surface area contributed by atoms with E-state index in [1.807, 2.05) is 19.1 Å². The Morgan fingerprint density at radius 3 is 2.72 bits per heavy atom. The third-order valence-corrected chi connectivity index (χ3v) is 2.86. The predicted molar refractivity (Wildman–Crippen MR) is 68.2 cm³/mol. The fraction of sp³-hybridized carbons (Fsp3) is 0.231. The van der Waals surface area contributed by atoms with Crippen molar-refractivity contribution in [3.63, 3.8) is 0 Å². The van der Waals surface area contributed by atoms with Crippen LogP contribution in [-0.2, 0) is 17.8 Å². The summed E-state index contributed by atoms with van der Waals surface area (Å²) < 4.78 is 4.91. The fourth-order valence-electron chi connectivity index (χ4n) is 1.53. The zero-order valence-corrected chi connectivity index (χ0v) is 10.7. The highest BCUT2D eigenvalue weighted by atomic mass is 35.5. The SMILES string of the molecule is Cc1oncc1CNC(=O)Cc1ccc(Cl)cc1. The first-order chi connectivity index (χ1) is 8.65. The molecule has 0 fully saturated rings. The van der Waals surface area contributed by atoms with Crippen LogP contribution in [0.1, 0.15) is 16.9 Å². The number of hydrogen-bond acceptors (Lipinski definition) is 3. The number of nitrogens with zero attached hydrogens (tertiary/aromatic N) is 1. The van der Waals surface area contributed by atoms with Gasteiger partial charge in [-0.05, 0) is 24.6 Å². The molecular formula is C13H13ClN2O2. The first-order valence-corrected chi connectivity index (χ1v) is 5.94. The molecule has 18 heavy (non-hydrogen) atoms. The second kappa shape index (κ2) is 5.69. The van der Waals surface area contributed by atoms with Crippen LogP contribution in [0, 0.1) is 6.92 Å². The standard InChI is InChI=1S/C13H13ClN2O2/c1-9-11(8-16-18-9)7-15-13(17)6-10-2-4-12(14)5-3-10/h2-5,8H,6-7H2,1H3,(H,15,17). The van der Waals surface area contributed by atoms with E-state index in [-0.39, 0.29) is 5.91 Å². The number of hydrogen-bond donors (Lipinski definition) is 1. The second-order valence-electron chi connectivity index (χ2n) is 3.99. The minimum Gasteiger partial charge on any atom is -0.361 e. The number of benzene rings is 1. The summed E-state index contributed by atoms with van der Waals surface area (Å²) in [5.74, 6) is 0.680. The third-order valence-electron chi connectivity index (χ3n) is 2.60. The van der Waals surface area contributed by atoms with E-state index in [1.165, 1.54) is 0 Å². The molecule has 0 aliphatic heterocycles. The number of rotatable bonds is 4. The average Bonchev–Trinajstić information content (AvgIpc) is 2.75. The zero-order valence-electron chi connectivity index (χ0n) is 9.94. The Kier molecular flexibility index (Phi) is 3.99. The molecule has 0 saturated heterocycles. The second-order valence-corrected chi connectivity index (χ2v) is 4.42. The molecule has 4 nitrogen and oxygen atoms in total. The van der Waals surface area contributed by atoms with Crippen LogP contribution in [0.25, 0.3) is 0 Å². The number of nitrogens with one attached hydrogen (secondary N) is 1. The Morgan fingerprint density at radius 1 is 1.39 bits per heavy atom. The summed E-state index contributed by atoms with van der Waals surface area (Å²) in [6, 6.07) is 7.22. The Bertz CT molecular complexity index is 534. The summed E-state index contributed by atoms with van der Waals surface area (Å²) in [6.07, 6.45) is 1.94. The van der Waals surface area contributed by atoms with Crippen LogP contribution in [0.3, 0.4) is 0 Å². The minimum absolute atomic E-state index is 0.0436. The molecule has 1 heterocycles. The molecule has 0 aliphatic rings. The molecule has 1 amide bonds. The highest BCUT2D eigenvalue weighted by molar-refractivity contribution is 6.30. The number of carbonyl (C=O) groups excluding carboxylic acids is 1. The Labute approximate surface area is 110 Å². The normalized spacial score (nSPS) is 10.3. The molecule has 0 unspecified atom stereocenters. The van der Waals surface area contributed by atoms with Crippen LogP contribution in [0.4, 0.5) is 0 Å². The molecule has 1 aromatic heterocycles. The van der Waals surface area contributed by atoms with Crippen molar-refractivity contribution < 1.29 is 9.32 Å². The average molecular weight is 265 g/mol. The van der Waals surface area contributed by atoms with Gasteiger partial charge in [-0.3, -0.25) is 4.79 Å². The van der Waals surface area contributed by atoms with Crippen molar-refractivity contribution in [1.82, 2.24) is 10.5 Å². The quantitative estimate of drug-likeness (QED) is 0.923. The molecule has 2 rings (SSSR count). The van der Waals surface area contributed by atoms with E-state index in [0.717, 1.165) is 16.9 Å². The van der Waals surface area contributed by atoms with Gasteiger partial charge in [-0.25, -0.2) is 0 Å². The topological polar surface area (TPSA) is 55.1 Å². The highest BCUT2D eigenvalue weighted by Gasteiger charge is 2.06. The summed E-state index contributed by atoms with van der Waals surface area (Å²) in [7, 11) is 0. The predicted octanol–water partition coefficient (Wildman–Crippen LogP) is 2.50. The van der Waals surface area contributed by atoms with Gasteiger partial charge in [0.1, 0.15) is 5.76 Å². The number of halogens is 1. The Balaban J connectivity index is 1.86. The summed E-state index contributed by atoms with van der Waals surface area (Å²) in [5, 5.41) is 7.14. The van der Waals surface area contributed by atoms with Gasteiger partial charge in [0.15, 0.2) is 0 Å². The Morgan fingerprint density at radius 2 is 2.11 bits per heavy atom. The number of aryl methyl sites for hydroxylation is 1. The van der Waals surface area contributed by atoms with E-state index in [1.54, 1.807) is 18.3 Å². The van der Waals surface area contributed by atoms with Gasteiger partial charge < -0.3 is 9.84 Å². The van der Waals surface area contributed by atoms with E-state index in [4.69, 9.17) is 16.1 Å². The summed E-state index contributed by atoms with van der Waals surface area (Å²) in [5.41, 5.74) is 1.82. The molecule has 0 aliphatic carbocycles. The lowest BCUT2D eigenvalue weighted by atomic mass is 10.1.